The first-order chi connectivity index (χ1) is 17.4. The highest BCUT2D eigenvalue weighted by Gasteiger charge is 2.43. The molecule has 5 nitrogen and oxygen atoms in total. The van der Waals surface area contributed by atoms with Crippen LogP contribution in [0.25, 0.3) is 0 Å². The summed E-state index contributed by atoms with van der Waals surface area (Å²) in [5.74, 6) is -2.75. The monoisotopic (exact) mass is 426 g/mol. The SMILES string of the molecule is [2H]C1([2H])C(=O)OC(CC[C@@H]2[C@@H]3C(=C[C@H](C)C[C@@H]3OC(=O)C(CC)(C([2H])([2H])[2H])C([2H])([2H])[2H])C=C[C@@H]2C)C[C@H]1O. The fraction of sp³-hybridized carbons (Fsp3) is 0.760. The van der Waals surface area contributed by atoms with Crippen LogP contribution < -0.4 is 0 Å². The standard InChI is InChI=1S/C25H38O5/c1-6-25(4,5)24(28)30-21-12-15(2)11-17-8-7-16(3)20(23(17)21)10-9-19-13-18(26)14-22(27)29-19/h7-8,11,15-16,18-21,23,26H,6,9-10,12-14H2,1-5H3/t15-,16-,18+,19?,20-,21-,23-/m0/s1/i4D3,5D3,14D2. The van der Waals surface area contributed by atoms with Crippen molar-refractivity contribution < 1.29 is 35.1 Å². The van der Waals surface area contributed by atoms with Gasteiger partial charge in [-0.15, -0.1) is 0 Å². The number of cyclic esters (lactones) is 1. The van der Waals surface area contributed by atoms with Crippen LogP contribution in [-0.2, 0) is 19.1 Å². The van der Waals surface area contributed by atoms with Gasteiger partial charge in [0.05, 0.1) is 17.9 Å². The lowest BCUT2D eigenvalue weighted by molar-refractivity contribution is -0.166. The molecule has 1 heterocycles. The summed E-state index contributed by atoms with van der Waals surface area (Å²) < 4.78 is 74.1. The fourth-order valence-electron chi connectivity index (χ4n) is 4.84. The summed E-state index contributed by atoms with van der Waals surface area (Å²) in [7, 11) is 0. The van der Waals surface area contributed by atoms with Gasteiger partial charge in [0.2, 0.25) is 0 Å². The second kappa shape index (κ2) is 9.25. The molecular formula is C25H38O5. The Bertz CT molecular complexity index is 956. The van der Waals surface area contributed by atoms with Gasteiger partial charge in [0.1, 0.15) is 12.2 Å². The summed E-state index contributed by atoms with van der Waals surface area (Å²) in [5, 5.41) is 10.1. The van der Waals surface area contributed by atoms with Gasteiger partial charge < -0.3 is 14.6 Å². The Morgan fingerprint density at radius 1 is 1.37 bits per heavy atom. The number of esters is 2. The topological polar surface area (TPSA) is 72.8 Å². The molecule has 1 aliphatic heterocycles. The van der Waals surface area contributed by atoms with Gasteiger partial charge >= 0.3 is 11.9 Å². The molecular weight excluding hydrogens is 380 g/mol. The molecule has 1 N–H and O–H groups in total. The van der Waals surface area contributed by atoms with Gasteiger partial charge in [-0.05, 0) is 62.7 Å². The number of hydrogen-bond donors (Lipinski definition) is 1. The number of rotatable bonds is 6. The number of carbonyl (C=O) groups is 2. The van der Waals surface area contributed by atoms with E-state index in [-0.39, 0.29) is 30.1 Å². The highest BCUT2D eigenvalue weighted by molar-refractivity contribution is 5.76. The molecule has 1 unspecified atom stereocenters. The molecule has 3 aliphatic rings. The van der Waals surface area contributed by atoms with Crippen molar-refractivity contribution in [1.29, 1.82) is 0 Å². The number of ether oxygens (including phenoxy) is 2. The molecule has 5 heteroatoms. The highest BCUT2D eigenvalue weighted by atomic mass is 16.6. The molecule has 30 heavy (non-hydrogen) atoms. The van der Waals surface area contributed by atoms with Crippen LogP contribution in [0.2, 0.25) is 0 Å². The molecule has 0 aromatic carbocycles. The minimum Gasteiger partial charge on any atom is -0.462 e. The van der Waals surface area contributed by atoms with E-state index in [4.69, 9.17) is 20.4 Å². The molecule has 0 radical (unpaired) electrons. The van der Waals surface area contributed by atoms with Crippen LogP contribution in [0.3, 0.4) is 0 Å². The van der Waals surface area contributed by atoms with Crippen LogP contribution in [-0.4, -0.2) is 35.4 Å². The molecule has 7 atom stereocenters. The Morgan fingerprint density at radius 3 is 2.80 bits per heavy atom. The van der Waals surface area contributed by atoms with Gasteiger partial charge in [0, 0.05) is 23.3 Å². The number of aliphatic hydroxyl groups is 1. The van der Waals surface area contributed by atoms with E-state index < -0.39 is 62.2 Å². The quantitative estimate of drug-likeness (QED) is 0.629. The first kappa shape index (κ1) is 14.4. The van der Waals surface area contributed by atoms with Crippen molar-refractivity contribution in [2.24, 2.45) is 29.1 Å². The number of aliphatic hydroxyl groups excluding tert-OH is 1. The van der Waals surface area contributed by atoms with Crippen molar-refractivity contribution in [1.82, 2.24) is 0 Å². The van der Waals surface area contributed by atoms with Crippen LogP contribution >= 0.6 is 0 Å². The minimum atomic E-state index is -3.10. The molecule has 0 aromatic rings. The van der Waals surface area contributed by atoms with E-state index >= 15 is 0 Å². The van der Waals surface area contributed by atoms with Gasteiger partial charge in [-0.2, -0.15) is 0 Å². The van der Waals surface area contributed by atoms with E-state index in [2.05, 4.69) is 6.08 Å². The third kappa shape index (κ3) is 5.16. The Morgan fingerprint density at radius 2 is 2.13 bits per heavy atom. The Kier molecular flexibility index (Phi) is 4.45. The van der Waals surface area contributed by atoms with Crippen LogP contribution in [0, 0.1) is 29.1 Å². The third-order valence-electron chi connectivity index (χ3n) is 6.60. The van der Waals surface area contributed by atoms with E-state index in [1.165, 1.54) is 6.92 Å². The third-order valence-corrected chi connectivity index (χ3v) is 6.60. The van der Waals surface area contributed by atoms with Gasteiger partial charge in [-0.25, -0.2) is 0 Å². The van der Waals surface area contributed by atoms with Crippen molar-refractivity contribution in [3.63, 3.8) is 0 Å². The summed E-state index contributed by atoms with van der Waals surface area (Å²) in [5.41, 5.74) is -1.73. The maximum atomic E-state index is 13.5. The summed E-state index contributed by atoms with van der Waals surface area (Å²) in [6.07, 6.45) is 1.50. The molecule has 0 bridgehead atoms. The number of allylic oxidation sites excluding steroid dienone is 3. The van der Waals surface area contributed by atoms with Gasteiger partial charge in [0.25, 0.3) is 0 Å². The number of hydrogen-bond acceptors (Lipinski definition) is 5. The Labute approximate surface area is 192 Å². The zero-order valence-electron chi connectivity index (χ0n) is 25.9. The second-order valence-electron chi connectivity index (χ2n) is 8.99. The zero-order chi connectivity index (χ0) is 28.8. The van der Waals surface area contributed by atoms with E-state index in [0.29, 0.717) is 19.3 Å². The predicted octanol–water partition coefficient (Wildman–Crippen LogP) is 4.59. The van der Waals surface area contributed by atoms with Crippen LogP contribution in [0.5, 0.6) is 0 Å². The Balaban J connectivity index is 1.87. The molecule has 0 amide bonds. The first-order valence-electron chi connectivity index (χ1n) is 14.9. The lowest BCUT2D eigenvalue weighted by Crippen LogP contribution is -2.43. The van der Waals surface area contributed by atoms with Gasteiger partial charge in [-0.3, -0.25) is 9.59 Å². The fourth-order valence-corrected chi connectivity index (χ4v) is 4.84. The largest absolute Gasteiger partial charge is 0.462 e. The van der Waals surface area contributed by atoms with Gasteiger partial charge in [-0.1, -0.05) is 39.0 Å². The lowest BCUT2D eigenvalue weighted by atomic mass is 9.65. The maximum Gasteiger partial charge on any atom is 0.311 e. The predicted molar refractivity (Wildman–Crippen MR) is 115 cm³/mol. The van der Waals surface area contributed by atoms with Crippen LogP contribution in [0.15, 0.2) is 23.8 Å². The van der Waals surface area contributed by atoms with Crippen molar-refractivity contribution in [2.45, 2.75) is 91.3 Å². The smallest absolute Gasteiger partial charge is 0.311 e. The van der Waals surface area contributed by atoms with Crippen LogP contribution in [0.1, 0.15) is 83.9 Å². The van der Waals surface area contributed by atoms with Crippen molar-refractivity contribution >= 4 is 11.9 Å². The van der Waals surface area contributed by atoms with Crippen molar-refractivity contribution in [2.75, 3.05) is 0 Å². The summed E-state index contributed by atoms with van der Waals surface area (Å²) in [6, 6.07) is 0. The molecule has 1 fully saturated rings. The molecule has 3 rings (SSSR count). The average Bonchev–Trinajstić information content (AvgIpc) is 2.76. The van der Waals surface area contributed by atoms with Crippen LogP contribution in [0.4, 0.5) is 0 Å². The summed E-state index contributed by atoms with van der Waals surface area (Å²) >= 11 is 0. The maximum absolute atomic E-state index is 13.5. The molecule has 0 saturated carbocycles. The second-order valence-corrected chi connectivity index (χ2v) is 8.99. The first-order valence-corrected chi connectivity index (χ1v) is 10.9. The van der Waals surface area contributed by atoms with Crippen molar-refractivity contribution in [3.8, 4) is 0 Å². The number of carbonyl (C=O) groups excluding carboxylic acids is 2. The highest BCUT2D eigenvalue weighted by Crippen LogP contribution is 2.45. The summed E-state index contributed by atoms with van der Waals surface area (Å²) in [4.78, 5) is 25.5. The van der Waals surface area contributed by atoms with E-state index in [1.54, 1.807) is 0 Å². The summed E-state index contributed by atoms with van der Waals surface area (Å²) in [6.45, 7) is -0.887. The molecule has 0 spiro atoms. The van der Waals surface area contributed by atoms with Crippen molar-refractivity contribution in [3.05, 3.63) is 23.8 Å². The number of fused-ring (bicyclic) bond motifs is 1. The lowest BCUT2D eigenvalue weighted by Gasteiger charge is -2.44. The molecule has 2 aliphatic carbocycles. The van der Waals surface area contributed by atoms with E-state index in [0.717, 1.165) is 5.57 Å². The van der Waals surface area contributed by atoms with E-state index in [1.807, 2.05) is 26.0 Å². The minimum absolute atomic E-state index is 0.00554. The molecule has 1 saturated heterocycles. The van der Waals surface area contributed by atoms with E-state index in [9.17, 15) is 14.7 Å². The molecule has 0 aromatic heterocycles. The Hall–Kier alpha value is -1.62. The zero-order valence-corrected chi connectivity index (χ0v) is 17.9. The average molecular weight is 427 g/mol. The normalized spacial score (nSPS) is 43.0. The molecule has 168 valence electrons. The van der Waals surface area contributed by atoms with Gasteiger partial charge in [0.15, 0.2) is 0 Å².